The lowest BCUT2D eigenvalue weighted by molar-refractivity contribution is -0.0194. The Morgan fingerprint density at radius 3 is 1.00 bits per heavy atom. The molecule has 476 valence electrons. The lowest BCUT2D eigenvalue weighted by atomic mass is 9.89. The monoisotopic (exact) mass is 1280 g/mol. The summed E-state index contributed by atoms with van der Waals surface area (Å²) in [6, 6.07) is 13.7. The molecule has 0 radical (unpaired) electrons. The highest BCUT2D eigenvalue weighted by Gasteiger charge is 2.43. The molecule has 0 bridgehead atoms. The van der Waals surface area contributed by atoms with Crippen LogP contribution in [0.2, 0.25) is 0 Å². The maximum absolute atomic E-state index is 15.1. The van der Waals surface area contributed by atoms with Crippen LogP contribution in [-0.2, 0) is 33.5 Å². The fraction of sp³-hybridized carbons (Fsp3) is 0.141. The predicted octanol–water partition coefficient (Wildman–Crippen LogP) is 6.12. The standard InChI is InChI=1S/C64H46O29/c65-24-9-34(68)31-17-48(91-63(86)22-5-37(71)53(79)38(72)6-22)59(88-45(31)12-24)20-1-27-29(15-43(77)57(83)51(27)55(81)41(75)3-20)60-49(18-32-35(69)10-25(66)13-46(32)89-60)92-62(85)21-2-28-30(16-44(78)58(84)52(28)56(82)42(76)4-21)61-50(19-33-36(70)11-26(67)14-47(33)90-61)93-64(87)23-7-39(73)54(80)40(74)8-23/h1-16,48-50,59-61,65-74,77-80,83-84H,17-19H2,(H,75,81)(H,76,82)/t48-,49-,50-,59-,60+,61-/m1/s1. The van der Waals surface area contributed by atoms with Crippen molar-refractivity contribution in [2.75, 3.05) is 0 Å². The first kappa shape index (κ1) is 60.3. The number of carbonyl (C=O) groups excluding carboxylic acids is 3. The quantitative estimate of drug-likeness (QED) is 0.0439. The van der Waals surface area contributed by atoms with Crippen LogP contribution in [0.15, 0.2) is 107 Å². The number of benzene rings is 7. The van der Waals surface area contributed by atoms with Crippen LogP contribution in [0.1, 0.15) is 82.8 Å². The number of hydrogen-bond donors (Lipinski definition) is 18. The number of rotatable bonds is 9. The highest BCUT2D eigenvalue weighted by Crippen LogP contribution is 2.51. The molecule has 29 nitrogen and oxygen atoms in total. The second-order valence-corrected chi connectivity index (χ2v) is 21.8. The van der Waals surface area contributed by atoms with Gasteiger partial charge in [0.25, 0.3) is 0 Å². The van der Waals surface area contributed by atoms with Crippen LogP contribution in [0.3, 0.4) is 0 Å². The van der Waals surface area contributed by atoms with Gasteiger partial charge in [0.1, 0.15) is 70.1 Å². The van der Waals surface area contributed by atoms with E-state index in [1.165, 1.54) is 0 Å². The van der Waals surface area contributed by atoms with E-state index in [-0.39, 0.29) is 39.5 Å². The van der Waals surface area contributed by atoms with E-state index in [0.717, 1.165) is 91.0 Å². The Bertz CT molecular complexity index is 4840. The fourth-order valence-electron chi connectivity index (χ4n) is 11.5. The van der Waals surface area contributed by atoms with Crippen molar-refractivity contribution in [1.29, 1.82) is 0 Å². The molecule has 18 N–H and O–H groups in total. The van der Waals surface area contributed by atoms with Crippen molar-refractivity contribution in [3.05, 3.63) is 168 Å². The minimum Gasteiger partial charge on any atom is -0.508 e. The Hall–Kier alpha value is -13.0. The van der Waals surface area contributed by atoms with E-state index >= 15 is 4.79 Å². The van der Waals surface area contributed by atoms with Gasteiger partial charge in [-0.3, -0.25) is 9.59 Å². The van der Waals surface area contributed by atoms with E-state index < -0.39 is 238 Å². The molecule has 3 aliphatic rings. The summed E-state index contributed by atoms with van der Waals surface area (Å²) in [4.78, 5) is 71.5. The van der Waals surface area contributed by atoms with E-state index in [9.17, 15) is 111 Å². The molecule has 0 amide bonds. The maximum Gasteiger partial charge on any atom is 0.338 e. The van der Waals surface area contributed by atoms with E-state index in [1.54, 1.807) is 0 Å². The Kier molecular flexibility index (Phi) is 14.4. The number of ether oxygens (including phenoxy) is 6. The van der Waals surface area contributed by atoms with Crippen LogP contribution in [0, 0.1) is 0 Å². The molecule has 12 rings (SSSR count). The molecule has 93 heavy (non-hydrogen) atoms. The van der Waals surface area contributed by atoms with Crippen LogP contribution in [0.4, 0.5) is 0 Å². The molecule has 3 aliphatic heterocycles. The maximum atomic E-state index is 15.1. The number of carbonyl (C=O) groups is 3. The summed E-state index contributed by atoms with van der Waals surface area (Å²) in [5.74, 6) is -21.2. The third-order valence-electron chi connectivity index (χ3n) is 15.9. The molecule has 9 aromatic carbocycles. The number of aromatic hydroxyl groups is 18. The van der Waals surface area contributed by atoms with Crippen molar-refractivity contribution in [2.45, 2.75) is 55.9 Å². The minimum atomic E-state index is -1.91. The highest BCUT2D eigenvalue weighted by molar-refractivity contribution is 6.00. The zero-order chi connectivity index (χ0) is 66.7. The van der Waals surface area contributed by atoms with E-state index in [1.807, 2.05) is 0 Å². The summed E-state index contributed by atoms with van der Waals surface area (Å²) in [5, 5.41) is 192. The number of esters is 3. The topological polar surface area (TPSA) is 505 Å². The van der Waals surface area contributed by atoms with Crippen molar-refractivity contribution in [3.8, 4) is 121 Å². The number of phenolic OH excluding ortho intramolecular Hbond substituents is 16. The second kappa shape index (κ2) is 22.3. The molecule has 0 fully saturated rings. The molecule has 6 atom stereocenters. The summed E-state index contributed by atoms with van der Waals surface area (Å²) in [6.07, 6.45) is -12.3. The molecule has 0 saturated heterocycles. The van der Waals surface area contributed by atoms with E-state index in [4.69, 9.17) is 28.4 Å². The van der Waals surface area contributed by atoms with Gasteiger partial charge in [0.05, 0.1) is 27.5 Å². The summed E-state index contributed by atoms with van der Waals surface area (Å²) in [5.41, 5.74) is -6.25. The molecule has 0 aliphatic carbocycles. The van der Waals surface area contributed by atoms with Crippen molar-refractivity contribution in [2.24, 2.45) is 0 Å². The molecule has 9 aromatic rings. The fourth-order valence-corrected chi connectivity index (χ4v) is 11.5. The summed E-state index contributed by atoms with van der Waals surface area (Å²) in [7, 11) is 0. The predicted molar refractivity (Wildman–Crippen MR) is 311 cm³/mol. The van der Waals surface area contributed by atoms with Crippen molar-refractivity contribution in [3.63, 3.8) is 0 Å². The Morgan fingerprint density at radius 2 is 0.624 bits per heavy atom. The third kappa shape index (κ3) is 10.5. The average Bonchev–Trinajstić information content (AvgIpc) is 1.75. The van der Waals surface area contributed by atoms with Crippen LogP contribution < -0.4 is 25.1 Å². The summed E-state index contributed by atoms with van der Waals surface area (Å²) in [6.45, 7) is 0. The molecule has 29 heteroatoms. The van der Waals surface area contributed by atoms with Gasteiger partial charge in [0.15, 0.2) is 87.3 Å². The highest BCUT2D eigenvalue weighted by atomic mass is 16.6. The van der Waals surface area contributed by atoms with E-state index in [0.29, 0.717) is 6.07 Å². The lowest BCUT2D eigenvalue weighted by Crippen LogP contribution is -2.35. The summed E-state index contributed by atoms with van der Waals surface area (Å²) >= 11 is 0. The van der Waals surface area contributed by atoms with Gasteiger partial charge in [-0.05, 0) is 71.4 Å². The van der Waals surface area contributed by atoms with Crippen molar-refractivity contribution >= 4 is 39.5 Å². The smallest absolute Gasteiger partial charge is 0.338 e. The molecular weight excluding hydrogens is 1230 g/mol. The SMILES string of the molecule is O=C(O[C@@H]1Cc2c(O)cc(O)cc2O[C@@H]1c1cc(O)c(=O)c2c(O)c(O)cc([C@@H]3Oc4cc(O)cc(O)c4C[C@H]3OC(=O)c3cc(O)c(=O)c4c(O)c(O)cc([C@H]5Oc6cc(O)cc(O)c6C[C@H]5OC(=O)c5cc(O)c(O)c(O)c5)c4c3)c2c1)c1cc(O)c(O)c(O)c1. The first-order valence-corrected chi connectivity index (χ1v) is 27.3. The average molecular weight is 1280 g/mol. The molecule has 3 heterocycles. The lowest BCUT2D eigenvalue weighted by Gasteiger charge is -2.35. The second-order valence-electron chi connectivity index (χ2n) is 21.8. The Balaban J connectivity index is 1.00. The van der Waals surface area contributed by atoms with Crippen molar-refractivity contribution < 1.29 is 135 Å². The molecular formula is C64H46O29. The zero-order valence-corrected chi connectivity index (χ0v) is 46.9. The van der Waals surface area contributed by atoms with Gasteiger partial charge >= 0.3 is 17.9 Å². The third-order valence-corrected chi connectivity index (χ3v) is 15.9. The van der Waals surface area contributed by atoms with Gasteiger partial charge in [0, 0.05) is 89.0 Å². The largest absolute Gasteiger partial charge is 0.508 e. The summed E-state index contributed by atoms with van der Waals surface area (Å²) < 4.78 is 36.6. The molecule has 0 spiro atoms. The van der Waals surface area contributed by atoms with Gasteiger partial charge in [-0.2, -0.15) is 0 Å². The van der Waals surface area contributed by atoms with Gasteiger partial charge < -0.3 is 120 Å². The molecule has 0 saturated carbocycles. The van der Waals surface area contributed by atoms with Gasteiger partial charge in [-0.25, -0.2) is 14.4 Å². The van der Waals surface area contributed by atoms with E-state index in [2.05, 4.69) is 0 Å². The normalized spacial score (nSPS) is 17.9. The van der Waals surface area contributed by atoms with Gasteiger partial charge in [-0.1, -0.05) is 0 Å². The van der Waals surface area contributed by atoms with Crippen LogP contribution in [-0.4, -0.2) is 128 Å². The van der Waals surface area contributed by atoms with Crippen molar-refractivity contribution in [1.82, 2.24) is 0 Å². The minimum absolute atomic E-state index is 0.0611. The number of hydrogen-bond acceptors (Lipinski definition) is 29. The van der Waals surface area contributed by atoms with Crippen LogP contribution >= 0.6 is 0 Å². The zero-order valence-electron chi connectivity index (χ0n) is 46.9. The molecule has 0 unspecified atom stereocenters. The number of fused-ring (bicyclic) bond motifs is 5. The van der Waals surface area contributed by atoms with Crippen LogP contribution in [0.5, 0.6) is 121 Å². The number of phenols is 16. The first-order valence-electron chi connectivity index (χ1n) is 27.3. The Labute approximate surface area is 516 Å². The first-order chi connectivity index (χ1) is 44.0. The van der Waals surface area contributed by atoms with Gasteiger partial charge in [-0.15, -0.1) is 0 Å². The molecule has 0 aromatic heterocycles. The van der Waals surface area contributed by atoms with Gasteiger partial charge in [0.2, 0.25) is 10.9 Å². The van der Waals surface area contributed by atoms with Crippen LogP contribution in [0.25, 0.3) is 21.5 Å². The Morgan fingerprint density at radius 1 is 0.323 bits per heavy atom.